The highest BCUT2D eigenvalue weighted by atomic mass is 35.5. The van der Waals surface area contributed by atoms with Gasteiger partial charge in [-0.2, -0.15) is 0 Å². The van der Waals surface area contributed by atoms with Gasteiger partial charge in [-0.3, -0.25) is 0 Å². The van der Waals surface area contributed by atoms with Crippen molar-refractivity contribution in [2.45, 2.75) is 20.8 Å². The Bertz CT molecular complexity index is 537. The Kier molecular flexibility index (Phi) is 3.64. The van der Waals surface area contributed by atoms with E-state index in [2.05, 4.69) is 22.2 Å². The molecule has 2 aromatic heterocycles. The minimum absolute atomic E-state index is 0.770. The molecule has 0 amide bonds. The maximum atomic E-state index is 5.96. The van der Waals surface area contributed by atoms with Gasteiger partial charge in [0.2, 0.25) is 0 Å². The summed E-state index contributed by atoms with van der Waals surface area (Å²) in [6.45, 7) is 6.83. The van der Waals surface area contributed by atoms with E-state index in [4.69, 9.17) is 11.6 Å². The molecule has 0 aliphatic heterocycles. The molecule has 2 aromatic rings. The van der Waals surface area contributed by atoms with E-state index in [9.17, 15) is 0 Å². The molecule has 0 unspecified atom stereocenters. The summed E-state index contributed by atoms with van der Waals surface area (Å²) in [5.74, 6) is 1.67. The number of hydrogen-bond acceptors (Lipinski definition) is 4. The highest BCUT2D eigenvalue weighted by molar-refractivity contribution is 7.19. The van der Waals surface area contributed by atoms with Crippen LogP contribution in [0.2, 0.25) is 4.34 Å². The molecule has 90 valence electrons. The third-order valence-electron chi connectivity index (χ3n) is 2.41. The van der Waals surface area contributed by atoms with Crippen LogP contribution < -0.4 is 5.32 Å². The zero-order chi connectivity index (χ0) is 12.4. The summed E-state index contributed by atoms with van der Waals surface area (Å²) in [6, 6.07) is 3.89. The summed E-state index contributed by atoms with van der Waals surface area (Å²) < 4.78 is 0.778. The van der Waals surface area contributed by atoms with Crippen LogP contribution in [-0.2, 0) is 0 Å². The van der Waals surface area contributed by atoms with Crippen LogP contribution in [0.3, 0.4) is 0 Å². The number of aromatic nitrogens is 2. The standard InChI is InChI=1S/C12H14ClN3S/c1-4-14-12-7(2)11(15-8(3)16-12)9-5-6-10(13)17-9/h5-6H,4H2,1-3H3,(H,14,15,16). The van der Waals surface area contributed by atoms with Gasteiger partial charge in [0, 0.05) is 12.1 Å². The summed E-state index contributed by atoms with van der Waals surface area (Å²) >= 11 is 7.50. The lowest BCUT2D eigenvalue weighted by molar-refractivity contribution is 1.02. The van der Waals surface area contributed by atoms with E-state index >= 15 is 0 Å². The van der Waals surface area contributed by atoms with Crippen LogP contribution in [0, 0.1) is 13.8 Å². The molecule has 0 spiro atoms. The lowest BCUT2D eigenvalue weighted by Crippen LogP contribution is -2.05. The first-order valence-corrected chi connectivity index (χ1v) is 6.66. The van der Waals surface area contributed by atoms with E-state index in [0.717, 1.165) is 38.7 Å². The van der Waals surface area contributed by atoms with Crippen molar-refractivity contribution in [2.24, 2.45) is 0 Å². The zero-order valence-electron chi connectivity index (χ0n) is 10.0. The number of halogens is 1. The summed E-state index contributed by atoms with van der Waals surface area (Å²) in [7, 11) is 0. The summed E-state index contributed by atoms with van der Waals surface area (Å²) in [5, 5.41) is 3.25. The molecule has 0 radical (unpaired) electrons. The Morgan fingerprint density at radius 2 is 2.06 bits per heavy atom. The Morgan fingerprint density at radius 1 is 1.29 bits per heavy atom. The number of anilines is 1. The first-order valence-electron chi connectivity index (χ1n) is 5.46. The normalized spacial score (nSPS) is 10.6. The van der Waals surface area contributed by atoms with Crippen molar-refractivity contribution in [3.8, 4) is 10.6 Å². The molecule has 0 aromatic carbocycles. The van der Waals surface area contributed by atoms with Crippen molar-refractivity contribution in [3.05, 3.63) is 27.9 Å². The number of hydrogen-bond donors (Lipinski definition) is 1. The number of aryl methyl sites for hydroxylation is 1. The van der Waals surface area contributed by atoms with E-state index in [1.807, 2.05) is 26.0 Å². The van der Waals surface area contributed by atoms with Gasteiger partial charge in [0.1, 0.15) is 11.6 Å². The quantitative estimate of drug-likeness (QED) is 0.916. The predicted octanol–water partition coefficient (Wildman–Crippen LogP) is 3.91. The molecule has 1 N–H and O–H groups in total. The highest BCUT2D eigenvalue weighted by Gasteiger charge is 2.12. The third kappa shape index (κ3) is 2.58. The fourth-order valence-corrected chi connectivity index (χ4v) is 2.74. The lowest BCUT2D eigenvalue weighted by atomic mass is 10.2. The predicted molar refractivity (Wildman–Crippen MR) is 74.0 cm³/mol. The highest BCUT2D eigenvalue weighted by Crippen LogP contribution is 2.33. The molecule has 0 aliphatic rings. The van der Waals surface area contributed by atoms with Crippen LogP contribution in [0.4, 0.5) is 5.82 Å². The molecule has 0 fully saturated rings. The van der Waals surface area contributed by atoms with Crippen LogP contribution in [0.5, 0.6) is 0 Å². The van der Waals surface area contributed by atoms with Crippen molar-refractivity contribution in [2.75, 3.05) is 11.9 Å². The maximum absolute atomic E-state index is 5.96. The minimum atomic E-state index is 0.770. The largest absolute Gasteiger partial charge is 0.370 e. The molecule has 5 heteroatoms. The molecular weight excluding hydrogens is 254 g/mol. The fourth-order valence-electron chi connectivity index (χ4n) is 1.65. The monoisotopic (exact) mass is 267 g/mol. The number of nitrogens with zero attached hydrogens (tertiary/aromatic N) is 2. The average molecular weight is 268 g/mol. The Labute approximate surface area is 110 Å². The molecular formula is C12H14ClN3S. The maximum Gasteiger partial charge on any atom is 0.133 e. The van der Waals surface area contributed by atoms with Gasteiger partial charge in [0.15, 0.2) is 0 Å². The van der Waals surface area contributed by atoms with Crippen LogP contribution in [-0.4, -0.2) is 16.5 Å². The van der Waals surface area contributed by atoms with Crippen molar-refractivity contribution >= 4 is 28.8 Å². The number of rotatable bonds is 3. The fraction of sp³-hybridized carbons (Fsp3) is 0.333. The van der Waals surface area contributed by atoms with Crippen molar-refractivity contribution in [1.82, 2.24) is 9.97 Å². The number of nitrogens with one attached hydrogen (secondary N) is 1. The van der Waals surface area contributed by atoms with Gasteiger partial charge in [0.05, 0.1) is 14.9 Å². The lowest BCUT2D eigenvalue weighted by Gasteiger charge is -2.10. The molecule has 2 heterocycles. The molecule has 0 bridgehead atoms. The van der Waals surface area contributed by atoms with Gasteiger partial charge in [0.25, 0.3) is 0 Å². The Balaban J connectivity index is 2.53. The summed E-state index contributed by atoms with van der Waals surface area (Å²) in [5.41, 5.74) is 2.03. The molecule has 2 rings (SSSR count). The third-order valence-corrected chi connectivity index (χ3v) is 3.65. The van der Waals surface area contributed by atoms with E-state index in [0.29, 0.717) is 0 Å². The molecule has 3 nitrogen and oxygen atoms in total. The second kappa shape index (κ2) is 5.02. The van der Waals surface area contributed by atoms with Gasteiger partial charge in [-0.15, -0.1) is 11.3 Å². The van der Waals surface area contributed by atoms with Crippen molar-refractivity contribution < 1.29 is 0 Å². The second-order valence-electron chi connectivity index (χ2n) is 3.73. The SMILES string of the molecule is CCNc1nc(C)nc(-c2ccc(Cl)s2)c1C. The molecule has 0 atom stereocenters. The van der Waals surface area contributed by atoms with E-state index in [1.54, 1.807) is 0 Å². The van der Waals surface area contributed by atoms with Gasteiger partial charge in [-0.25, -0.2) is 9.97 Å². The van der Waals surface area contributed by atoms with Crippen LogP contribution in [0.25, 0.3) is 10.6 Å². The van der Waals surface area contributed by atoms with Crippen molar-refractivity contribution in [3.63, 3.8) is 0 Å². The van der Waals surface area contributed by atoms with E-state index < -0.39 is 0 Å². The van der Waals surface area contributed by atoms with Gasteiger partial charge in [-0.05, 0) is 32.9 Å². The van der Waals surface area contributed by atoms with Crippen LogP contribution in [0.15, 0.2) is 12.1 Å². The average Bonchev–Trinajstić information content (AvgIpc) is 2.70. The smallest absolute Gasteiger partial charge is 0.133 e. The topological polar surface area (TPSA) is 37.8 Å². The van der Waals surface area contributed by atoms with Gasteiger partial charge >= 0.3 is 0 Å². The van der Waals surface area contributed by atoms with Crippen LogP contribution in [0.1, 0.15) is 18.3 Å². The van der Waals surface area contributed by atoms with Gasteiger partial charge < -0.3 is 5.32 Å². The van der Waals surface area contributed by atoms with Crippen molar-refractivity contribution in [1.29, 1.82) is 0 Å². The second-order valence-corrected chi connectivity index (χ2v) is 5.44. The zero-order valence-corrected chi connectivity index (χ0v) is 11.6. The molecule has 0 saturated carbocycles. The molecule has 17 heavy (non-hydrogen) atoms. The first-order chi connectivity index (χ1) is 8.11. The number of thiophene rings is 1. The van der Waals surface area contributed by atoms with Gasteiger partial charge in [-0.1, -0.05) is 11.6 Å². The Hall–Kier alpha value is -1.13. The van der Waals surface area contributed by atoms with E-state index in [-0.39, 0.29) is 0 Å². The molecule has 0 aliphatic carbocycles. The minimum Gasteiger partial charge on any atom is -0.370 e. The summed E-state index contributed by atoms with van der Waals surface area (Å²) in [6.07, 6.45) is 0. The molecule has 0 saturated heterocycles. The summed E-state index contributed by atoms with van der Waals surface area (Å²) in [4.78, 5) is 9.99. The Morgan fingerprint density at radius 3 is 2.65 bits per heavy atom. The van der Waals surface area contributed by atoms with Crippen LogP contribution >= 0.6 is 22.9 Å². The first kappa shape index (κ1) is 12.3. The van der Waals surface area contributed by atoms with E-state index in [1.165, 1.54) is 11.3 Å².